The zero-order valence-corrected chi connectivity index (χ0v) is 10.9. The van der Waals surface area contributed by atoms with Crippen LogP contribution in [0.25, 0.3) is 0 Å². The summed E-state index contributed by atoms with van der Waals surface area (Å²) in [6.07, 6.45) is 0. The maximum Gasteiger partial charge on any atom is 0.187 e. The molecular formula is C11H9BrN2OS. The molecule has 0 aliphatic heterocycles. The van der Waals surface area contributed by atoms with E-state index < -0.39 is 0 Å². The Hall–Kier alpha value is -1.20. The molecule has 1 aromatic heterocycles. The second kappa shape index (κ2) is 4.76. The highest BCUT2D eigenvalue weighted by molar-refractivity contribution is 9.10. The molecule has 0 bridgehead atoms. The molecule has 0 saturated carbocycles. The molecule has 2 aromatic rings. The Labute approximate surface area is 106 Å². The first kappa shape index (κ1) is 11.3. The highest BCUT2D eigenvalue weighted by atomic mass is 79.9. The van der Waals surface area contributed by atoms with Crippen molar-refractivity contribution in [1.82, 2.24) is 4.98 Å². The standard InChI is InChI=1S/C11H9BrN2OS/c1-7(15)10-6-16-11(14-10)13-9-5-3-2-4-8(9)12/h2-6H,1H3,(H,13,14). The molecule has 82 valence electrons. The number of nitrogens with one attached hydrogen (secondary N) is 1. The van der Waals surface area contributed by atoms with Gasteiger partial charge in [0.15, 0.2) is 10.9 Å². The van der Waals surface area contributed by atoms with Gasteiger partial charge in [-0.25, -0.2) is 4.98 Å². The summed E-state index contributed by atoms with van der Waals surface area (Å²) in [7, 11) is 0. The third kappa shape index (κ3) is 2.48. The predicted octanol–water partition coefficient (Wildman–Crippen LogP) is 3.85. The summed E-state index contributed by atoms with van der Waals surface area (Å²) in [6.45, 7) is 1.51. The van der Waals surface area contributed by atoms with Gasteiger partial charge in [0.2, 0.25) is 0 Å². The Morgan fingerprint density at radius 1 is 1.44 bits per heavy atom. The molecular weight excluding hydrogens is 288 g/mol. The minimum absolute atomic E-state index is 0.0172. The molecule has 16 heavy (non-hydrogen) atoms. The van der Waals surface area contributed by atoms with Crippen LogP contribution in [0.5, 0.6) is 0 Å². The Balaban J connectivity index is 2.21. The van der Waals surface area contributed by atoms with Crippen LogP contribution in [-0.4, -0.2) is 10.8 Å². The fourth-order valence-electron chi connectivity index (χ4n) is 1.17. The second-order valence-corrected chi connectivity index (χ2v) is 4.91. The van der Waals surface area contributed by atoms with E-state index in [1.165, 1.54) is 18.3 Å². The van der Waals surface area contributed by atoms with Crippen LogP contribution in [0.1, 0.15) is 17.4 Å². The molecule has 5 heteroatoms. The average molecular weight is 297 g/mol. The Bertz CT molecular complexity index is 524. The molecule has 0 aliphatic rings. The summed E-state index contributed by atoms with van der Waals surface area (Å²) in [6, 6.07) is 7.77. The lowest BCUT2D eigenvalue weighted by Gasteiger charge is -2.03. The van der Waals surface area contributed by atoms with Crippen LogP contribution < -0.4 is 5.32 Å². The number of hydrogen-bond acceptors (Lipinski definition) is 4. The van der Waals surface area contributed by atoms with Crippen LogP contribution in [-0.2, 0) is 0 Å². The zero-order chi connectivity index (χ0) is 11.5. The second-order valence-electron chi connectivity index (χ2n) is 3.20. The monoisotopic (exact) mass is 296 g/mol. The number of aromatic nitrogens is 1. The van der Waals surface area contributed by atoms with Crippen molar-refractivity contribution < 1.29 is 4.79 Å². The SMILES string of the molecule is CC(=O)c1csc(Nc2ccccc2Br)n1. The van der Waals surface area contributed by atoms with Gasteiger partial charge in [0.1, 0.15) is 5.69 Å². The third-order valence-electron chi connectivity index (χ3n) is 1.98. The van der Waals surface area contributed by atoms with Crippen LogP contribution in [0.3, 0.4) is 0 Å². The summed E-state index contributed by atoms with van der Waals surface area (Å²) in [5.74, 6) is -0.0172. The number of ketones is 1. The molecule has 0 unspecified atom stereocenters. The van der Waals surface area contributed by atoms with Crippen LogP contribution in [0.15, 0.2) is 34.1 Å². The lowest BCUT2D eigenvalue weighted by Crippen LogP contribution is -1.94. The largest absolute Gasteiger partial charge is 0.331 e. The predicted molar refractivity (Wildman–Crippen MR) is 69.5 cm³/mol. The molecule has 0 saturated heterocycles. The van der Waals surface area contributed by atoms with Crippen molar-refractivity contribution in [2.45, 2.75) is 6.92 Å². The Morgan fingerprint density at radius 2 is 2.19 bits per heavy atom. The number of nitrogens with zero attached hydrogens (tertiary/aromatic N) is 1. The van der Waals surface area contributed by atoms with Crippen molar-refractivity contribution in [1.29, 1.82) is 0 Å². The van der Waals surface area contributed by atoms with Crippen molar-refractivity contribution in [3.8, 4) is 0 Å². The summed E-state index contributed by atoms with van der Waals surface area (Å²) in [4.78, 5) is 15.3. The fraction of sp³-hybridized carbons (Fsp3) is 0.0909. The van der Waals surface area contributed by atoms with Gasteiger partial charge in [0.05, 0.1) is 5.69 Å². The Morgan fingerprint density at radius 3 is 2.81 bits per heavy atom. The van der Waals surface area contributed by atoms with Gasteiger partial charge < -0.3 is 5.32 Å². The number of carbonyl (C=O) groups is 1. The maximum absolute atomic E-state index is 11.1. The number of hydrogen-bond donors (Lipinski definition) is 1. The maximum atomic E-state index is 11.1. The van der Waals surface area contributed by atoms with Crippen molar-refractivity contribution in [3.05, 3.63) is 39.8 Å². The quantitative estimate of drug-likeness (QED) is 0.875. The van der Waals surface area contributed by atoms with Gasteiger partial charge >= 0.3 is 0 Å². The van der Waals surface area contributed by atoms with Crippen molar-refractivity contribution in [2.24, 2.45) is 0 Å². The van der Waals surface area contributed by atoms with E-state index in [-0.39, 0.29) is 5.78 Å². The Kier molecular flexibility index (Phi) is 3.36. The van der Waals surface area contributed by atoms with E-state index in [0.29, 0.717) is 5.69 Å². The van der Waals surface area contributed by atoms with E-state index in [0.717, 1.165) is 15.3 Å². The highest BCUT2D eigenvalue weighted by Crippen LogP contribution is 2.27. The van der Waals surface area contributed by atoms with Crippen molar-refractivity contribution in [2.75, 3.05) is 5.32 Å². The zero-order valence-electron chi connectivity index (χ0n) is 8.53. The molecule has 0 fully saturated rings. The molecule has 1 N–H and O–H groups in total. The molecule has 0 radical (unpaired) electrons. The molecule has 0 amide bonds. The number of carbonyl (C=O) groups excluding carboxylic acids is 1. The topological polar surface area (TPSA) is 42.0 Å². The van der Waals surface area contributed by atoms with Gasteiger partial charge in [-0.15, -0.1) is 11.3 Å². The number of rotatable bonds is 3. The van der Waals surface area contributed by atoms with E-state index >= 15 is 0 Å². The van der Waals surface area contributed by atoms with Gasteiger partial charge in [-0.2, -0.15) is 0 Å². The molecule has 0 spiro atoms. The van der Waals surface area contributed by atoms with Gasteiger partial charge in [-0.3, -0.25) is 4.79 Å². The highest BCUT2D eigenvalue weighted by Gasteiger charge is 2.06. The number of benzene rings is 1. The van der Waals surface area contributed by atoms with Crippen LogP contribution in [0.2, 0.25) is 0 Å². The van der Waals surface area contributed by atoms with E-state index in [1.807, 2.05) is 24.3 Å². The molecule has 2 rings (SSSR count). The third-order valence-corrected chi connectivity index (χ3v) is 3.43. The molecule has 0 aliphatic carbocycles. The van der Waals surface area contributed by atoms with E-state index in [4.69, 9.17) is 0 Å². The average Bonchev–Trinajstić information content (AvgIpc) is 2.70. The normalized spacial score (nSPS) is 10.1. The van der Waals surface area contributed by atoms with E-state index in [9.17, 15) is 4.79 Å². The van der Waals surface area contributed by atoms with Gasteiger partial charge in [0, 0.05) is 16.8 Å². The van der Waals surface area contributed by atoms with E-state index in [2.05, 4.69) is 26.2 Å². The van der Waals surface area contributed by atoms with E-state index in [1.54, 1.807) is 5.38 Å². The number of halogens is 1. The number of anilines is 2. The first-order valence-electron chi connectivity index (χ1n) is 4.65. The molecule has 0 atom stereocenters. The summed E-state index contributed by atoms with van der Waals surface area (Å²) < 4.78 is 0.967. The lowest BCUT2D eigenvalue weighted by atomic mass is 10.3. The number of thiazole rings is 1. The molecule has 1 aromatic carbocycles. The molecule has 1 heterocycles. The summed E-state index contributed by atoms with van der Waals surface area (Å²) in [5, 5.41) is 5.63. The van der Waals surface area contributed by atoms with Crippen LogP contribution in [0, 0.1) is 0 Å². The van der Waals surface area contributed by atoms with Crippen LogP contribution in [0.4, 0.5) is 10.8 Å². The van der Waals surface area contributed by atoms with Crippen molar-refractivity contribution in [3.63, 3.8) is 0 Å². The lowest BCUT2D eigenvalue weighted by molar-refractivity contribution is 0.101. The van der Waals surface area contributed by atoms with Gasteiger partial charge in [0.25, 0.3) is 0 Å². The summed E-state index contributed by atoms with van der Waals surface area (Å²) >= 11 is 4.85. The summed E-state index contributed by atoms with van der Waals surface area (Å²) in [5.41, 5.74) is 1.44. The number of para-hydroxylation sites is 1. The smallest absolute Gasteiger partial charge is 0.187 e. The van der Waals surface area contributed by atoms with Gasteiger partial charge in [-0.05, 0) is 28.1 Å². The number of Topliss-reactive ketones (excluding diaryl/α,β-unsaturated/α-hetero) is 1. The minimum Gasteiger partial charge on any atom is -0.331 e. The first-order valence-corrected chi connectivity index (χ1v) is 6.32. The van der Waals surface area contributed by atoms with Crippen molar-refractivity contribution >= 4 is 43.9 Å². The fourth-order valence-corrected chi connectivity index (χ4v) is 2.32. The van der Waals surface area contributed by atoms with Crippen LogP contribution >= 0.6 is 27.3 Å². The minimum atomic E-state index is -0.0172. The van der Waals surface area contributed by atoms with Gasteiger partial charge in [-0.1, -0.05) is 12.1 Å². The first-order chi connectivity index (χ1) is 7.66. The molecule has 3 nitrogen and oxygen atoms in total.